The number of carbonyl (C=O) groups excluding carboxylic acids is 1. The highest BCUT2D eigenvalue weighted by Crippen LogP contribution is 2.38. The zero-order valence-corrected chi connectivity index (χ0v) is 13.6. The summed E-state index contributed by atoms with van der Waals surface area (Å²) in [6.07, 6.45) is 1.67. The molecule has 1 aromatic carbocycles. The van der Waals surface area contributed by atoms with Crippen molar-refractivity contribution < 1.29 is 14.7 Å². The fraction of sp³-hybridized carbons (Fsp3) is 0.0667. The zero-order chi connectivity index (χ0) is 17.2. The maximum absolute atomic E-state index is 12.5. The maximum Gasteiger partial charge on any atom is 0.335 e. The molecule has 0 saturated heterocycles. The third-order valence-corrected chi connectivity index (χ3v) is 5.06. The molecule has 2 aromatic rings. The van der Waals surface area contributed by atoms with Crippen molar-refractivity contribution in [2.75, 3.05) is 0 Å². The number of rotatable bonds is 4. The Bertz CT molecular complexity index is 860. The summed E-state index contributed by atoms with van der Waals surface area (Å²) >= 11 is 2.48. The van der Waals surface area contributed by atoms with Gasteiger partial charge in [-0.25, -0.2) is 9.78 Å². The second-order valence-corrected chi connectivity index (χ2v) is 6.70. The molecule has 0 aliphatic carbocycles. The lowest BCUT2D eigenvalue weighted by Crippen LogP contribution is -2.50. The normalized spacial score (nSPS) is 18.6. The van der Waals surface area contributed by atoms with Crippen LogP contribution in [0.25, 0.3) is 0 Å². The fourth-order valence-electron chi connectivity index (χ4n) is 2.14. The molecular formula is C15H10N4O3S2. The number of amides is 1. The molecule has 0 saturated carbocycles. The van der Waals surface area contributed by atoms with Crippen LogP contribution in [0.1, 0.15) is 31.3 Å². The molecule has 7 nitrogen and oxygen atoms in total. The summed E-state index contributed by atoms with van der Waals surface area (Å²) in [6.45, 7) is 0. The molecule has 9 heteroatoms. The minimum atomic E-state index is -1.06. The first-order chi connectivity index (χ1) is 11.6. The van der Waals surface area contributed by atoms with Crippen LogP contribution >= 0.6 is 23.1 Å². The number of nitrogens with one attached hydrogen (secondary N) is 2. The van der Waals surface area contributed by atoms with E-state index in [1.807, 2.05) is 0 Å². The number of benzene rings is 1. The molecule has 1 atom stereocenters. The van der Waals surface area contributed by atoms with Crippen molar-refractivity contribution in [1.82, 2.24) is 15.6 Å². The summed E-state index contributed by atoms with van der Waals surface area (Å²) in [5, 5.41) is 25.7. The molecule has 3 N–H and O–H groups in total. The topological polar surface area (TPSA) is 115 Å². The minimum Gasteiger partial charge on any atom is -0.478 e. The summed E-state index contributed by atoms with van der Waals surface area (Å²) in [5.74, 6) is -1.47. The van der Waals surface area contributed by atoms with Gasteiger partial charge in [0, 0.05) is 11.8 Å². The lowest BCUT2D eigenvalue weighted by Gasteiger charge is -2.28. The van der Waals surface area contributed by atoms with Gasteiger partial charge in [0.25, 0.3) is 5.91 Å². The predicted molar refractivity (Wildman–Crippen MR) is 89.2 cm³/mol. The van der Waals surface area contributed by atoms with E-state index in [-0.39, 0.29) is 5.56 Å². The van der Waals surface area contributed by atoms with Gasteiger partial charge in [-0.2, -0.15) is 5.26 Å². The Labute approximate surface area is 145 Å². The monoisotopic (exact) mass is 358 g/mol. The van der Waals surface area contributed by atoms with Crippen LogP contribution in [-0.4, -0.2) is 22.0 Å². The van der Waals surface area contributed by atoms with Crippen LogP contribution in [0.4, 0.5) is 0 Å². The third kappa shape index (κ3) is 2.84. The molecule has 3 rings (SSSR count). The van der Waals surface area contributed by atoms with Gasteiger partial charge in [0.05, 0.1) is 11.1 Å². The van der Waals surface area contributed by atoms with Gasteiger partial charge in [-0.3, -0.25) is 4.79 Å². The number of carboxylic acids is 1. The van der Waals surface area contributed by atoms with Gasteiger partial charge in [0.1, 0.15) is 16.6 Å². The summed E-state index contributed by atoms with van der Waals surface area (Å²) in [6, 6.07) is 7.67. The molecular weight excluding hydrogens is 348 g/mol. The standard InChI is InChI=1S/C15H10N4O3S2/c16-7-11-12(17-8-23-11)15(18-5-6-24-15)19-13(20)9-1-3-10(4-2-9)14(21)22/h1-6,8,18H,(H,19,20)(H,21,22). The Morgan fingerprint density at radius 2 is 2.00 bits per heavy atom. The molecule has 1 unspecified atom stereocenters. The average Bonchev–Trinajstić information content (AvgIpc) is 3.24. The summed E-state index contributed by atoms with van der Waals surface area (Å²) in [4.78, 5) is 27.0. The summed E-state index contributed by atoms with van der Waals surface area (Å²) in [5.41, 5.74) is 2.38. The van der Waals surface area contributed by atoms with Crippen LogP contribution in [0, 0.1) is 11.3 Å². The van der Waals surface area contributed by atoms with Crippen molar-refractivity contribution in [3.63, 3.8) is 0 Å². The largest absolute Gasteiger partial charge is 0.478 e. The molecule has 1 amide bonds. The van der Waals surface area contributed by atoms with Crippen LogP contribution in [-0.2, 0) is 4.99 Å². The Balaban J connectivity index is 1.88. The number of hydrogen-bond donors (Lipinski definition) is 3. The van der Waals surface area contributed by atoms with Crippen molar-refractivity contribution in [1.29, 1.82) is 5.26 Å². The van der Waals surface area contributed by atoms with E-state index in [1.165, 1.54) is 47.4 Å². The van der Waals surface area contributed by atoms with Gasteiger partial charge in [-0.1, -0.05) is 11.8 Å². The third-order valence-electron chi connectivity index (χ3n) is 3.29. The number of nitrogens with zero attached hydrogens (tertiary/aromatic N) is 2. The molecule has 0 spiro atoms. The van der Waals surface area contributed by atoms with Crippen LogP contribution < -0.4 is 10.6 Å². The van der Waals surface area contributed by atoms with Gasteiger partial charge in [0.2, 0.25) is 4.99 Å². The van der Waals surface area contributed by atoms with Crippen molar-refractivity contribution in [2.45, 2.75) is 4.99 Å². The molecule has 24 heavy (non-hydrogen) atoms. The number of aromatic nitrogens is 1. The minimum absolute atomic E-state index is 0.0996. The van der Waals surface area contributed by atoms with E-state index in [0.717, 1.165) is 0 Å². The number of nitriles is 1. The van der Waals surface area contributed by atoms with E-state index in [9.17, 15) is 14.9 Å². The summed E-state index contributed by atoms with van der Waals surface area (Å²) < 4.78 is 0. The fourth-order valence-corrected chi connectivity index (χ4v) is 3.74. The predicted octanol–water partition coefficient (Wildman–Crippen LogP) is 2.06. The van der Waals surface area contributed by atoms with Gasteiger partial charge >= 0.3 is 5.97 Å². The van der Waals surface area contributed by atoms with Crippen molar-refractivity contribution in [3.05, 3.63) is 63.1 Å². The lowest BCUT2D eigenvalue weighted by atomic mass is 10.1. The number of aromatic carboxylic acids is 1. The van der Waals surface area contributed by atoms with Gasteiger partial charge in [0.15, 0.2) is 0 Å². The Kier molecular flexibility index (Phi) is 4.24. The van der Waals surface area contributed by atoms with Crippen molar-refractivity contribution in [2.24, 2.45) is 0 Å². The molecule has 0 radical (unpaired) electrons. The molecule has 1 aliphatic rings. The van der Waals surface area contributed by atoms with E-state index in [4.69, 9.17) is 5.11 Å². The van der Waals surface area contributed by atoms with Crippen molar-refractivity contribution in [3.8, 4) is 6.07 Å². The first-order valence-electron chi connectivity index (χ1n) is 6.66. The first-order valence-corrected chi connectivity index (χ1v) is 8.42. The smallest absolute Gasteiger partial charge is 0.335 e. The second-order valence-electron chi connectivity index (χ2n) is 4.72. The van der Waals surface area contributed by atoms with Crippen molar-refractivity contribution >= 4 is 35.0 Å². The summed E-state index contributed by atoms with van der Waals surface area (Å²) in [7, 11) is 0. The van der Waals surface area contributed by atoms with E-state index >= 15 is 0 Å². The molecule has 2 heterocycles. The maximum atomic E-state index is 12.5. The SMILES string of the molecule is N#Cc1scnc1C1(NC(=O)c2ccc(C(=O)O)cc2)NC=CS1. The first kappa shape index (κ1) is 16.0. The van der Waals surface area contributed by atoms with Crippen LogP contribution in [0.3, 0.4) is 0 Å². The Morgan fingerprint density at radius 1 is 1.29 bits per heavy atom. The number of hydrogen-bond acceptors (Lipinski definition) is 7. The Morgan fingerprint density at radius 3 is 2.58 bits per heavy atom. The van der Waals surface area contributed by atoms with E-state index < -0.39 is 16.9 Å². The number of thiazole rings is 1. The van der Waals surface area contributed by atoms with Gasteiger partial charge in [-0.05, 0) is 29.7 Å². The quantitative estimate of drug-likeness (QED) is 0.766. The van der Waals surface area contributed by atoms with Crippen LogP contribution in [0.15, 0.2) is 41.4 Å². The molecule has 1 aliphatic heterocycles. The Hall–Kier alpha value is -2.83. The number of carbonyl (C=O) groups is 2. The van der Waals surface area contributed by atoms with E-state index in [0.29, 0.717) is 16.1 Å². The van der Waals surface area contributed by atoms with E-state index in [2.05, 4.69) is 21.7 Å². The highest BCUT2D eigenvalue weighted by atomic mass is 32.2. The number of carboxylic acid groups (broad SMARTS) is 1. The second kappa shape index (κ2) is 6.35. The van der Waals surface area contributed by atoms with Crippen LogP contribution in [0.2, 0.25) is 0 Å². The van der Waals surface area contributed by atoms with Crippen LogP contribution in [0.5, 0.6) is 0 Å². The molecule has 0 fully saturated rings. The highest BCUT2D eigenvalue weighted by molar-refractivity contribution is 8.03. The molecule has 0 bridgehead atoms. The van der Waals surface area contributed by atoms with E-state index in [1.54, 1.807) is 17.1 Å². The molecule has 120 valence electrons. The van der Waals surface area contributed by atoms with Gasteiger partial charge in [-0.15, -0.1) is 11.3 Å². The zero-order valence-electron chi connectivity index (χ0n) is 12.0. The molecule has 1 aromatic heterocycles. The van der Waals surface area contributed by atoms with Gasteiger partial charge < -0.3 is 15.7 Å². The lowest BCUT2D eigenvalue weighted by molar-refractivity contribution is 0.0696. The highest BCUT2D eigenvalue weighted by Gasteiger charge is 2.40. The number of thioether (sulfide) groups is 1. The average molecular weight is 358 g/mol.